The lowest BCUT2D eigenvalue weighted by Gasteiger charge is -2.48. The van der Waals surface area contributed by atoms with E-state index in [0.29, 0.717) is 12.8 Å². The Morgan fingerprint density at radius 1 is 0.932 bits per heavy atom. The average molecular weight is 623 g/mol. The van der Waals surface area contributed by atoms with Crippen LogP contribution in [0.25, 0.3) is 0 Å². The molecule has 44 heavy (non-hydrogen) atoms. The number of hydrogen-bond donors (Lipinski definition) is 3. The number of aliphatic hydroxyl groups is 3. The first-order valence-electron chi connectivity index (χ1n) is 15.9. The highest BCUT2D eigenvalue weighted by atomic mass is 16.6. The Morgan fingerprint density at radius 2 is 1.43 bits per heavy atom. The number of esters is 3. The van der Waals surface area contributed by atoms with Gasteiger partial charge in [-0.2, -0.15) is 0 Å². The van der Waals surface area contributed by atoms with E-state index in [0.717, 1.165) is 0 Å². The molecule has 10 heteroatoms. The lowest BCUT2D eigenvalue weighted by atomic mass is 9.62. The van der Waals surface area contributed by atoms with Gasteiger partial charge in [-0.25, -0.2) is 0 Å². The molecule has 2 bridgehead atoms. The van der Waals surface area contributed by atoms with E-state index >= 15 is 0 Å². The third-order valence-electron chi connectivity index (χ3n) is 9.55. The lowest BCUT2D eigenvalue weighted by Crippen LogP contribution is -2.62. The number of fused-ring (bicyclic) bond motifs is 2. The number of ether oxygens (including phenoxy) is 3. The maximum Gasteiger partial charge on any atom is 0.309 e. The molecule has 0 heterocycles. The molecule has 2 aliphatic rings. The number of ketones is 1. The van der Waals surface area contributed by atoms with E-state index in [1.165, 1.54) is 0 Å². The molecular weight excluding hydrogens is 568 g/mol. The van der Waals surface area contributed by atoms with Crippen LogP contribution < -0.4 is 0 Å². The second kappa shape index (κ2) is 14.7. The minimum atomic E-state index is -1.95. The van der Waals surface area contributed by atoms with Crippen molar-refractivity contribution >= 4 is 23.7 Å². The first kappa shape index (κ1) is 37.6. The number of rotatable bonds is 8. The van der Waals surface area contributed by atoms with Gasteiger partial charge in [-0.1, -0.05) is 88.0 Å². The van der Waals surface area contributed by atoms with Gasteiger partial charge in [0.2, 0.25) is 0 Å². The van der Waals surface area contributed by atoms with E-state index in [9.17, 15) is 34.5 Å². The number of Topliss-reactive ketones (excluding diaryl/α,β-unsaturated/α-hetero) is 1. The van der Waals surface area contributed by atoms with Crippen molar-refractivity contribution in [1.29, 1.82) is 0 Å². The van der Waals surface area contributed by atoms with Crippen LogP contribution in [0.4, 0.5) is 0 Å². The molecule has 2 rings (SSSR count). The second-order valence-electron chi connectivity index (χ2n) is 13.9. The minimum absolute atomic E-state index is 0.0581. The summed E-state index contributed by atoms with van der Waals surface area (Å²) in [6.07, 6.45) is -3.51. The van der Waals surface area contributed by atoms with Crippen LogP contribution in [0.15, 0.2) is 24.3 Å². The average Bonchev–Trinajstić information content (AvgIpc) is 2.97. The highest BCUT2D eigenvalue weighted by Gasteiger charge is 2.58. The largest absolute Gasteiger partial charge is 0.457 e. The SMILES string of the molecule is C=C1C(OC(=O)C(C)C)C(OC(=O)C(C)CC)C(O)C(C)(C)C=CC(C)C2(O)CC(C)C(O)C(C2=O)C1OC(=O)C(C)CC. The Morgan fingerprint density at radius 3 is 1.93 bits per heavy atom. The van der Waals surface area contributed by atoms with Crippen molar-refractivity contribution < 1.29 is 48.7 Å². The molecule has 0 radical (unpaired) electrons. The highest BCUT2D eigenvalue weighted by molar-refractivity contribution is 5.92. The molecule has 1 fully saturated rings. The van der Waals surface area contributed by atoms with Crippen molar-refractivity contribution in [3.8, 4) is 0 Å². The smallest absolute Gasteiger partial charge is 0.309 e. The monoisotopic (exact) mass is 622 g/mol. The van der Waals surface area contributed by atoms with Crippen LogP contribution in [-0.2, 0) is 33.4 Å². The maximum atomic E-state index is 14.2. The summed E-state index contributed by atoms with van der Waals surface area (Å²) in [5.41, 5.74) is -3.25. The van der Waals surface area contributed by atoms with Gasteiger partial charge in [0.05, 0.1) is 29.8 Å². The summed E-state index contributed by atoms with van der Waals surface area (Å²) >= 11 is 0. The fourth-order valence-corrected chi connectivity index (χ4v) is 5.58. The Kier molecular flexibility index (Phi) is 12.6. The summed E-state index contributed by atoms with van der Waals surface area (Å²) < 4.78 is 17.7. The van der Waals surface area contributed by atoms with Gasteiger partial charge in [0, 0.05) is 16.9 Å². The van der Waals surface area contributed by atoms with Crippen LogP contribution in [0.2, 0.25) is 0 Å². The standard InChI is InChI=1S/C34H54O10/c1-12-18(5)31(39)42-25-22(9)26(43-30(38)17(3)4)27(44-32(40)19(6)13-2)29(37)33(10,11)15-14-21(8)34(41)16-20(7)24(35)23(25)28(34)36/h14-15,17-21,23-27,29,35,37,41H,9,12-13,16H2,1-8,10-11H3. The van der Waals surface area contributed by atoms with Crippen LogP contribution in [0, 0.1) is 40.9 Å². The van der Waals surface area contributed by atoms with Crippen molar-refractivity contribution in [2.75, 3.05) is 0 Å². The molecule has 10 nitrogen and oxygen atoms in total. The van der Waals surface area contributed by atoms with Gasteiger partial charge >= 0.3 is 17.9 Å². The van der Waals surface area contributed by atoms with Gasteiger partial charge in [-0.05, 0) is 25.2 Å². The van der Waals surface area contributed by atoms with Crippen LogP contribution in [-0.4, -0.2) is 75.1 Å². The molecular formula is C34H54O10. The fourth-order valence-electron chi connectivity index (χ4n) is 5.58. The van der Waals surface area contributed by atoms with Gasteiger partial charge in [-0.3, -0.25) is 19.2 Å². The van der Waals surface area contributed by atoms with E-state index in [1.54, 1.807) is 81.4 Å². The highest BCUT2D eigenvalue weighted by Crippen LogP contribution is 2.44. The van der Waals surface area contributed by atoms with Crippen molar-refractivity contribution in [3.05, 3.63) is 24.3 Å². The molecule has 11 unspecified atom stereocenters. The first-order chi connectivity index (χ1) is 20.2. The summed E-state index contributed by atoms with van der Waals surface area (Å²) in [6, 6.07) is 0. The van der Waals surface area contributed by atoms with Crippen LogP contribution in [0.1, 0.15) is 88.5 Å². The zero-order chi connectivity index (χ0) is 33.9. The van der Waals surface area contributed by atoms with Gasteiger partial charge in [0.25, 0.3) is 0 Å². The van der Waals surface area contributed by atoms with Gasteiger partial charge in [0.15, 0.2) is 18.0 Å². The molecule has 0 aromatic carbocycles. The summed E-state index contributed by atoms with van der Waals surface area (Å²) in [6.45, 7) is 20.9. The molecule has 2 aliphatic carbocycles. The Bertz CT molecular complexity index is 1110. The van der Waals surface area contributed by atoms with E-state index < -0.39 is 101 Å². The number of carbonyl (C=O) groups is 4. The Hall–Kier alpha value is -2.56. The first-order valence-corrected chi connectivity index (χ1v) is 15.9. The molecule has 0 saturated heterocycles. The summed E-state index contributed by atoms with van der Waals surface area (Å²) in [4.78, 5) is 53.9. The predicted molar refractivity (Wildman–Crippen MR) is 164 cm³/mol. The normalized spacial score (nSPS) is 35.6. The maximum absolute atomic E-state index is 14.2. The lowest BCUT2D eigenvalue weighted by molar-refractivity contribution is -0.190. The molecule has 0 aromatic heterocycles. The van der Waals surface area contributed by atoms with Gasteiger partial charge in [-0.15, -0.1) is 0 Å². The fraction of sp³-hybridized carbons (Fsp3) is 0.765. The molecule has 0 spiro atoms. The predicted octanol–water partition coefficient (Wildman–Crippen LogP) is 3.94. The Balaban J connectivity index is 2.96. The molecule has 0 aromatic rings. The molecule has 3 N–H and O–H groups in total. The minimum Gasteiger partial charge on any atom is -0.457 e. The van der Waals surface area contributed by atoms with Crippen LogP contribution >= 0.6 is 0 Å². The zero-order valence-electron chi connectivity index (χ0n) is 28.0. The molecule has 0 aliphatic heterocycles. The third-order valence-corrected chi connectivity index (χ3v) is 9.55. The van der Waals surface area contributed by atoms with Gasteiger partial charge < -0.3 is 29.5 Å². The van der Waals surface area contributed by atoms with Gasteiger partial charge in [0.1, 0.15) is 17.8 Å². The summed E-state index contributed by atoms with van der Waals surface area (Å²) in [5, 5.41) is 35.2. The van der Waals surface area contributed by atoms with Crippen molar-refractivity contribution in [2.45, 2.75) is 125 Å². The zero-order valence-corrected chi connectivity index (χ0v) is 28.0. The third kappa shape index (κ3) is 7.80. The van der Waals surface area contributed by atoms with E-state index in [4.69, 9.17) is 14.2 Å². The molecule has 0 amide bonds. The van der Waals surface area contributed by atoms with Crippen molar-refractivity contribution in [1.82, 2.24) is 0 Å². The van der Waals surface area contributed by atoms with Crippen LogP contribution in [0.5, 0.6) is 0 Å². The second-order valence-corrected chi connectivity index (χ2v) is 13.9. The molecule has 1 saturated carbocycles. The summed E-state index contributed by atoms with van der Waals surface area (Å²) in [7, 11) is 0. The Labute approximate surface area is 262 Å². The number of carbonyl (C=O) groups excluding carboxylic acids is 4. The number of aliphatic hydroxyl groups excluding tert-OH is 2. The van der Waals surface area contributed by atoms with Crippen molar-refractivity contribution in [2.24, 2.45) is 40.9 Å². The van der Waals surface area contributed by atoms with E-state index in [1.807, 2.05) is 0 Å². The summed E-state index contributed by atoms with van der Waals surface area (Å²) in [5.74, 6) is -7.47. The van der Waals surface area contributed by atoms with Crippen molar-refractivity contribution in [3.63, 3.8) is 0 Å². The number of hydrogen-bond acceptors (Lipinski definition) is 10. The molecule has 11 atom stereocenters. The van der Waals surface area contributed by atoms with E-state index in [-0.39, 0.29) is 12.0 Å². The van der Waals surface area contributed by atoms with Crippen LogP contribution in [0.3, 0.4) is 0 Å². The molecule has 250 valence electrons. The van der Waals surface area contributed by atoms with E-state index in [2.05, 4.69) is 6.58 Å². The quantitative estimate of drug-likeness (QED) is 0.206. The topological polar surface area (TPSA) is 157 Å².